The molecule has 2 aromatic rings. The van der Waals surface area contributed by atoms with Gasteiger partial charge >= 0.3 is 0 Å². The summed E-state index contributed by atoms with van der Waals surface area (Å²) >= 11 is 8.39. The zero-order chi connectivity index (χ0) is 16.1. The van der Waals surface area contributed by atoms with E-state index in [0.717, 1.165) is 11.7 Å². The first kappa shape index (κ1) is 17.0. The largest absolute Gasteiger partial charge is 0.360 e. The molecule has 0 bridgehead atoms. The molecule has 1 atom stereocenters. The summed E-state index contributed by atoms with van der Waals surface area (Å²) < 4.78 is 13.8. The van der Waals surface area contributed by atoms with Crippen LogP contribution in [0.3, 0.4) is 0 Å². The molecule has 2 N–H and O–H groups in total. The van der Waals surface area contributed by atoms with E-state index >= 15 is 0 Å². The van der Waals surface area contributed by atoms with Gasteiger partial charge in [0, 0.05) is 12.2 Å². The molecule has 1 heterocycles. The molecule has 0 fully saturated rings. The number of aromatic nitrogens is 2. The molecule has 9 heteroatoms. The number of hydrogen-bond donors (Lipinski definition) is 2. The van der Waals surface area contributed by atoms with Gasteiger partial charge in [0.25, 0.3) is 0 Å². The van der Waals surface area contributed by atoms with Crippen molar-refractivity contribution in [2.75, 3.05) is 17.2 Å². The standard InChI is InChI=1S/C13H14ClFN4OS2/c1-3-16-12-18-19-13(22-12)21-7(2)11(20)17-8-4-5-10(15)9(14)6-8/h4-7H,3H2,1-2H3,(H,16,18)(H,17,20)/t7-/m0/s1. The maximum absolute atomic E-state index is 13.1. The summed E-state index contributed by atoms with van der Waals surface area (Å²) in [5.74, 6) is -0.736. The highest BCUT2D eigenvalue weighted by Crippen LogP contribution is 2.29. The second kappa shape index (κ2) is 7.75. The smallest absolute Gasteiger partial charge is 0.237 e. The third-order valence-electron chi connectivity index (χ3n) is 2.57. The second-order valence-electron chi connectivity index (χ2n) is 4.28. The van der Waals surface area contributed by atoms with Crippen molar-refractivity contribution in [1.82, 2.24) is 10.2 Å². The van der Waals surface area contributed by atoms with Crippen molar-refractivity contribution < 1.29 is 9.18 Å². The molecule has 0 saturated heterocycles. The van der Waals surface area contributed by atoms with Crippen LogP contribution < -0.4 is 10.6 Å². The number of anilines is 2. The Kier molecular flexibility index (Phi) is 5.98. The lowest BCUT2D eigenvalue weighted by molar-refractivity contribution is -0.115. The maximum Gasteiger partial charge on any atom is 0.237 e. The molecule has 1 aromatic heterocycles. The molecule has 0 aliphatic rings. The Bertz CT molecular complexity index is 667. The first-order valence-electron chi connectivity index (χ1n) is 6.49. The highest BCUT2D eigenvalue weighted by Gasteiger charge is 2.17. The first-order valence-corrected chi connectivity index (χ1v) is 8.57. The minimum Gasteiger partial charge on any atom is -0.360 e. The third kappa shape index (κ3) is 4.56. The monoisotopic (exact) mass is 360 g/mol. The lowest BCUT2D eigenvalue weighted by atomic mass is 10.3. The van der Waals surface area contributed by atoms with Crippen molar-refractivity contribution in [2.24, 2.45) is 0 Å². The molecule has 0 radical (unpaired) electrons. The SMILES string of the molecule is CCNc1nnc(S[C@@H](C)C(=O)Nc2ccc(F)c(Cl)c2)s1. The average molecular weight is 361 g/mol. The molecule has 0 saturated carbocycles. The average Bonchev–Trinajstić information content (AvgIpc) is 2.90. The van der Waals surface area contributed by atoms with Gasteiger partial charge in [0.1, 0.15) is 5.82 Å². The molecule has 118 valence electrons. The van der Waals surface area contributed by atoms with Gasteiger partial charge in [0.05, 0.1) is 10.3 Å². The molecule has 0 spiro atoms. The molecule has 0 aliphatic heterocycles. The van der Waals surface area contributed by atoms with Crippen LogP contribution in [0.2, 0.25) is 5.02 Å². The van der Waals surface area contributed by atoms with Crippen LogP contribution in [0.1, 0.15) is 13.8 Å². The van der Waals surface area contributed by atoms with E-state index in [1.807, 2.05) is 6.92 Å². The van der Waals surface area contributed by atoms with E-state index in [4.69, 9.17) is 11.6 Å². The van der Waals surface area contributed by atoms with Gasteiger partial charge in [-0.05, 0) is 32.0 Å². The Balaban J connectivity index is 1.94. The van der Waals surface area contributed by atoms with Crippen molar-refractivity contribution >= 4 is 51.4 Å². The summed E-state index contributed by atoms with van der Waals surface area (Å²) in [4.78, 5) is 12.1. The Hall–Kier alpha value is -1.38. The van der Waals surface area contributed by atoms with Crippen LogP contribution in [0.4, 0.5) is 15.2 Å². The Morgan fingerprint density at radius 2 is 2.27 bits per heavy atom. The van der Waals surface area contributed by atoms with E-state index < -0.39 is 5.82 Å². The highest BCUT2D eigenvalue weighted by atomic mass is 35.5. The van der Waals surface area contributed by atoms with Crippen molar-refractivity contribution in [3.8, 4) is 0 Å². The third-order valence-corrected chi connectivity index (χ3v) is 4.92. The predicted octanol–water partition coefficient (Wildman–Crippen LogP) is 3.88. The Labute approximate surface area is 140 Å². The van der Waals surface area contributed by atoms with Gasteiger partial charge in [-0.2, -0.15) is 0 Å². The van der Waals surface area contributed by atoms with Crippen LogP contribution in [-0.2, 0) is 4.79 Å². The number of nitrogens with one attached hydrogen (secondary N) is 2. The number of hydrogen-bond acceptors (Lipinski definition) is 6. The molecular weight excluding hydrogens is 347 g/mol. The second-order valence-corrected chi connectivity index (χ2v) is 7.25. The number of benzene rings is 1. The fraction of sp³-hybridized carbons (Fsp3) is 0.308. The number of carbonyl (C=O) groups excluding carboxylic acids is 1. The van der Waals surface area contributed by atoms with Crippen molar-refractivity contribution in [2.45, 2.75) is 23.4 Å². The van der Waals surface area contributed by atoms with Gasteiger partial charge in [-0.1, -0.05) is 34.7 Å². The minimum atomic E-state index is -0.521. The normalized spacial score (nSPS) is 12.0. The summed E-state index contributed by atoms with van der Waals surface area (Å²) in [6.45, 7) is 4.50. The Morgan fingerprint density at radius 3 is 2.95 bits per heavy atom. The zero-order valence-corrected chi connectivity index (χ0v) is 14.3. The first-order chi connectivity index (χ1) is 10.5. The molecule has 2 rings (SSSR count). The molecule has 22 heavy (non-hydrogen) atoms. The fourth-order valence-corrected chi connectivity index (χ4v) is 3.65. The summed E-state index contributed by atoms with van der Waals surface area (Å²) in [6, 6.07) is 4.05. The van der Waals surface area contributed by atoms with Crippen LogP contribution >= 0.6 is 34.7 Å². The number of amides is 1. The molecule has 0 aliphatic carbocycles. The molecule has 1 aromatic carbocycles. The number of carbonyl (C=O) groups is 1. The van der Waals surface area contributed by atoms with E-state index in [-0.39, 0.29) is 16.2 Å². The van der Waals surface area contributed by atoms with Crippen LogP contribution in [0, 0.1) is 5.82 Å². The van der Waals surface area contributed by atoms with E-state index in [2.05, 4.69) is 20.8 Å². The van der Waals surface area contributed by atoms with Crippen molar-refractivity contribution in [3.63, 3.8) is 0 Å². The lowest BCUT2D eigenvalue weighted by Gasteiger charge is -2.10. The topological polar surface area (TPSA) is 66.9 Å². The summed E-state index contributed by atoms with van der Waals surface area (Å²) in [7, 11) is 0. The van der Waals surface area contributed by atoms with Crippen LogP contribution in [-0.4, -0.2) is 27.9 Å². The van der Waals surface area contributed by atoms with Gasteiger partial charge in [-0.3, -0.25) is 4.79 Å². The van der Waals surface area contributed by atoms with E-state index in [1.54, 1.807) is 6.92 Å². The minimum absolute atomic E-state index is 0.0301. The van der Waals surface area contributed by atoms with E-state index in [1.165, 1.54) is 41.3 Å². The molecular formula is C13H14ClFN4OS2. The number of nitrogens with zero attached hydrogens (tertiary/aromatic N) is 2. The van der Waals surface area contributed by atoms with E-state index in [9.17, 15) is 9.18 Å². The van der Waals surface area contributed by atoms with Gasteiger partial charge in [-0.25, -0.2) is 4.39 Å². The van der Waals surface area contributed by atoms with E-state index in [0.29, 0.717) is 10.0 Å². The van der Waals surface area contributed by atoms with Crippen molar-refractivity contribution in [1.29, 1.82) is 0 Å². The number of thioether (sulfide) groups is 1. The van der Waals surface area contributed by atoms with Gasteiger partial charge in [-0.15, -0.1) is 10.2 Å². The van der Waals surface area contributed by atoms with Gasteiger partial charge in [0.15, 0.2) is 4.34 Å². The summed E-state index contributed by atoms with van der Waals surface area (Å²) in [5.41, 5.74) is 0.453. The Morgan fingerprint density at radius 1 is 1.50 bits per heavy atom. The number of rotatable bonds is 6. The van der Waals surface area contributed by atoms with Crippen LogP contribution in [0.15, 0.2) is 22.5 Å². The summed E-state index contributed by atoms with van der Waals surface area (Å²) in [6.07, 6.45) is 0. The highest BCUT2D eigenvalue weighted by molar-refractivity contribution is 8.02. The molecule has 5 nitrogen and oxygen atoms in total. The van der Waals surface area contributed by atoms with Crippen molar-refractivity contribution in [3.05, 3.63) is 29.0 Å². The fourth-order valence-electron chi connectivity index (χ4n) is 1.50. The maximum atomic E-state index is 13.1. The van der Waals surface area contributed by atoms with Crippen LogP contribution in [0.5, 0.6) is 0 Å². The predicted molar refractivity (Wildman–Crippen MR) is 89.4 cm³/mol. The molecule has 1 amide bonds. The van der Waals surface area contributed by atoms with Gasteiger partial charge in [0.2, 0.25) is 11.0 Å². The van der Waals surface area contributed by atoms with Gasteiger partial charge < -0.3 is 10.6 Å². The zero-order valence-electron chi connectivity index (χ0n) is 11.9. The van der Waals surface area contributed by atoms with Crippen LogP contribution in [0.25, 0.3) is 0 Å². The number of halogens is 2. The molecule has 0 unspecified atom stereocenters. The lowest BCUT2D eigenvalue weighted by Crippen LogP contribution is -2.22. The summed E-state index contributed by atoms with van der Waals surface area (Å²) in [5, 5.41) is 14.1. The quantitative estimate of drug-likeness (QED) is 0.765.